The summed E-state index contributed by atoms with van der Waals surface area (Å²) in [5, 5.41) is 3.20. The number of carbonyl (C=O) groups is 12. The van der Waals surface area contributed by atoms with Gasteiger partial charge in [0.1, 0.15) is 45.8 Å². The Bertz CT molecular complexity index is 4670. The molecule has 8 aromatic carbocycles. The lowest BCUT2D eigenvalue weighted by Crippen LogP contribution is -2.52. The van der Waals surface area contributed by atoms with Gasteiger partial charge < -0.3 is 87.9 Å². The van der Waals surface area contributed by atoms with Crippen LogP contribution in [0.1, 0.15) is 122 Å². The van der Waals surface area contributed by atoms with Crippen molar-refractivity contribution in [1.82, 2.24) is 59.2 Å². The quantitative estimate of drug-likeness (QED) is 0.0212. The van der Waals surface area contributed by atoms with Gasteiger partial charge in [0.15, 0.2) is 0 Å². The highest BCUT2D eigenvalue weighted by molar-refractivity contribution is 5.95. The van der Waals surface area contributed by atoms with Crippen LogP contribution in [0.15, 0.2) is 243 Å². The summed E-state index contributed by atoms with van der Waals surface area (Å²) in [7, 11) is 0. The lowest BCUT2D eigenvalue weighted by molar-refractivity contribution is -0.150. The van der Waals surface area contributed by atoms with E-state index in [-0.39, 0.29) is 97.5 Å². The second kappa shape index (κ2) is 54.8. The van der Waals surface area contributed by atoms with Crippen LogP contribution in [0.3, 0.4) is 0 Å². The Morgan fingerprint density at radius 3 is 0.693 bits per heavy atom. The fourth-order valence-electron chi connectivity index (χ4n) is 14.6. The highest BCUT2D eigenvalue weighted by Crippen LogP contribution is 2.25. The van der Waals surface area contributed by atoms with Gasteiger partial charge in [-0.1, -0.05) is 243 Å². The summed E-state index contributed by atoms with van der Waals surface area (Å²) < 4.78 is 0. The van der Waals surface area contributed by atoms with Crippen molar-refractivity contribution in [3.63, 3.8) is 0 Å². The van der Waals surface area contributed by atoms with Crippen LogP contribution in [0.4, 0.5) is 0 Å². The van der Waals surface area contributed by atoms with E-state index in [0.29, 0.717) is 85.0 Å². The van der Waals surface area contributed by atoms with E-state index in [9.17, 15) is 14.4 Å². The molecule has 2 atom stereocenters. The smallest absolute Gasteiger partial charge is 0.243 e. The Morgan fingerprint density at radius 2 is 0.449 bits per heavy atom. The monoisotopic (exact) mass is 1730 g/mol. The molecule has 11 N–H and O–H groups in total. The predicted octanol–water partition coefficient (Wildman–Crippen LogP) is 6.86. The number of hydrogen-bond donors (Lipinski definition) is 6. The first-order valence-electron chi connectivity index (χ1n) is 43.8. The van der Waals surface area contributed by atoms with Crippen molar-refractivity contribution in [2.45, 2.75) is 117 Å². The van der Waals surface area contributed by atoms with Crippen molar-refractivity contribution in [1.29, 1.82) is 0 Å². The number of rotatable bonds is 56. The largest absolute Gasteiger partial charge is 0.368 e. The molecule has 29 heteroatoms. The van der Waals surface area contributed by atoms with E-state index in [2.05, 4.69) is 5.32 Å². The molecule has 8 aromatic rings. The number of benzene rings is 8. The van der Waals surface area contributed by atoms with Crippen molar-refractivity contribution in [3.8, 4) is 0 Å². The van der Waals surface area contributed by atoms with Gasteiger partial charge in [-0.3, -0.25) is 57.5 Å². The van der Waals surface area contributed by atoms with E-state index in [1.807, 2.05) is 110 Å². The molecule has 0 heterocycles. The maximum atomic E-state index is 15.6. The Hall–Kier alpha value is -12.8. The Morgan fingerprint density at radius 1 is 0.244 bits per heavy atom. The maximum Gasteiger partial charge on any atom is 0.243 e. The van der Waals surface area contributed by atoms with Crippen molar-refractivity contribution in [2.75, 3.05) is 131 Å². The molecule has 0 aromatic heterocycles. The second-order valence-corrected chi connectivity index (χ2v) is 31.7. The highest BCUT2D eigenvalue weighted by Gasteiger charge is 2.35. The Balaban J connectivity index is 1.06. The van der Waals surface area contributed by atoms with Gasteiger partial charge in [-0.25, -0.2) is 0 Å². The standard InChI is InChI=1S/C98H127N17O12/c1-77(85-47-23-9-24-48-85)114(66-87(103)116)98(127)75-113(65-84-45-21-8-22-46-84)94(123)69-107(58-34-30-54-102)90(119)71-109(61-80-37-13-4-14-38-80)96(125)73-110(62-81-39-15-5-16-40-81)92(121)67-105(56-32-28-52-100)89(118)70-108(60-79-35-11-3-12-36-79)95(124)74-111(63-82-41-17-6-18-42-82)93(122)68-106(57-33-29-53-101)91(120)72-112(64-83-43-19-7-20-44-83)97(126)76-115(78(2)86-49-25-10-26-50-86)88(117)59-104-55-31-27-51-99/h3-26,35-50,77-78,104H,27-34,51-76,99-102H2,1-2H3,(H2,103,116)/t77-,78-/m0/s1. The predicted molar refractivity (Wildman–Crippen MR) is 489 cm³/mol. The minimum absolute atomic E-state index is 0.0113. The minimum atomic E-state index is -0.759. The van der Waals surface area contributed by atoms with E-state index in [4.69, 9.17) is 28.7 Å². The van der Waals surface area contributed by atoms with Gasteiger partial charge >= 0.3 is 0 Å². The molecular weight excluding hydrogens is 1610 g/mol. The summed E-state index contributed by atoms with van der Waals surface area (Å²) in [5.74, 6) is -7.26. The molecule has 0 bridgehead atoms. The molecule has 0 fully saturated rings. The third-order valence-corrected chi connectivity index (χ3v) is 21.9. The zero-order valence-electron chi connectivity index (χ0n) is 73.5. The van der Waals surface area contributed by atoms with Crippen LogP contribution in [-0.4, -0.2) is 256 Å². The molecule has 0 unspecified atom stereocenters. The lowest BCUT2D eigenvalue weighted by Gasteiger charge is -2.34. The summed E-state index contributed by atoms with van der Waals surface area (Å²) >= 11 is 0. The Kier molecular flexibility index (Phi) is 43.0. The summed E-state index contributed by atoms with van der Waals surface area (Å²) in [6.45, 7) is -0.939. The normalized spacial score (nSPS) is 11.4. The molecule has 0 saturated carbocycles. The summed E-state index contributed by atoms with van der Waals surface area (Å²) in [5.41, 5.74) is 35.1. The zero-order chi connectivity index (χ0) is 91.1. The zero-order valence-corrected chi connectivity index (χ0v) is 73.5. The minimum Gasteiger partial charge on any atom is -0.368 e. The molecule has 0 aliphatic heterocycles. The lowest BCUT2D eigenvalue weighted by atomic mass is 10.1. The second-order valence-electron chi connectivity index (χ2n) is 31.7. The van der Waals surface area contributed by atoms with Crippen molar-refractivity contribution < 1.29 is 57.5 Å². The molecule has 0 aliphatic rings. The van der Waals surface area contributed by atoms with E-state index in [1.165, 1.54) is 53.9 Å². The third kappa shape index (κ3) is 34.6. The summed E-state index contributed by atoms with van der Waals surface area (Å²) in [6, 6.07) is 71.1. The number of hydrogen-bond acceptors (Lipinski definition) is 17. The molecule has 8 rings (SSSR count). The van der Waals surface area contributed by atoms with Gasteiger partial charge in [0.2, 0.25) is 70.9 Å². The number of nitrogens with two attached hydrogens (primary N) is 5. The number of nitrogens with zero attached hydrogens (tertiary/aromatic N) is 11. The molecule has 127 heavy (non-hydrogen) atoms. The highest BCUT2D eigenvalue weighted by atomic mass is 16.2. The first kappa shape index (κ1) is 99.6. The molecule has 0 spiro atoms. The summed E-state index contributed by atoms with van der Waals surface area (Å²) in [6.07, 6.45) is 3.97. The van der Waals surface area contributed by atoms with Crippen LogP contribution in [0.25, 0.3) is 0 Å². The van der Waals surface area contributed by atoms with Crippen LogP contribution in [0, 0.1) is 0 Å². The molecule has 29 nitrogen and oxygen atoms in total. The van der Waals surface area contributed by atoms with Crippen LogP contribution >= 0.6 is 0 Å². The fraction of sp³-hybridized carbons (Fsp3) is 0.388. The SMILES string of the molecule is C[C@@H](c1ccccc1)N(CC(N)=O)C(=O)CN(Cc1ccccc1)C(=O)CN(CCCCN)C(=O)CN(Cc1ccccc1)C(=O)CN(Cc1ccccc1)C(=O)CN(CCCCN)C(=O)CN(Cc1ccccc1)C(=O)CN(Cc1ccccc1)C(=O)CN(CCCCN)C(=O)CN(Cc1ccccc1)C(=O)CN(C(=O)CNCCCCN)[C@@H](C)c1ccccc1. The van der Waals surface area contributed by atoms with Crippen LogP contribution in [0.2, 0.25) is 0 Å². The van der Waals surface area contributed by atoms with Gasteiger partial charge in [-0.2, -0.15) is 0 Å². The maximum absolute atomic E-state index is 15.6. The molecular formula is C98H127N17O12. The van der Waals surface area contributed by atoms with Gasteiger partial charge in [0.05, 0.1) is 44.8 Å². The topological polar surface area (TPSA) is 383 Å². The average molecular weight is 1740 g/mol. The van der Waals surface area contributed by atoms with Crippen molar-refractivity contribution in [3.05, 3.63) is 287 Å². The Labute approximate surface area is 747 Å². The van der Waals surface area contributed by atoms with Crippen LogP contribution in [0.5, 0.6) is 0 Å². The van der Waals surface area contributed by atoms with E-state index < -0.39 is 143 Å². The average Bonchev–Trinajstić information content (AvgIpc) is 0.824. The molecule has 12 amide bonds. The van der Waals surface area contributed by atoms with Crippen molar-refractivity contribution >= 4 is 70.9 Å². The van der Waals surface area contributed by atoms with E-state index >= 15 is 43.2 Å². The van der Waals surface area contributed by atoms with E-state index in [0.717, 1.165) is 24.0 Å². The first-order chi connectivity index (χ1) is 61.5. The summed E-state index contributed by atoms with van der Waals surface area (Å²) in [4.78, 5) is 194. The molecule has 0 saturated heterocycles. The van der Waals surface area contributed by atoms with Gasteiger partial charge in [-0.15, -0.1) is 0 Å². The molecule has 0 aliphatic carbocycles. The fourth-order valence-corrected chi connectivity index (χ4v) is 14.6. The third-order valence-electron chi connectivity index (χ3n) is 21.9. The van der Waals surface area contributed by atoms with Crippen molar-refractivity contribution in [2.24, 2.45) is 28.7 Å². The first-order valence-corrected chi connectivity index (χ1v) is 43.8. The number of unbranched alkanes of at least 4 members (excludes halogenated alkanes) is 4. The van der Waals surface area contributed by atoms with Crippen LogP contribution < -0.4 is 34.0 Å². The van der Waals surface area contributed by atoms with Gasteiger partial charge in [-0.05, 0) is 142 Å². The van der Waals surface area contributed by atoms with Gasteiger partial charge in [0, 0.05) is 58.9 Å². The number of nitrogens with one attached hydrogen (secondary N) is 1. The van der Waals surface area contributed by atoms with E-state index in [1.54, 1.807) is 146 Å². The molecule has 676 valence electrons. The van der Waals surface area contributed by atoms with Crippen LogP contribution in [-0.2, 0) is 96.8 Å². The number of primary amides is 1. The number of carbonyl (C=O) groups excluding carboxylic acids is 12. The number of amides is 12. The molecule has 0 radical (unpaired) electrons. The van der Waals surface area contributed by atoms with Gasteiger partial charge in [0.25, 0.3) is 0 Å².